The first kappa shape index (κ1) is 20.8. The number of nitrogens with zero attached hydrogens (tertiary/aromatic N) is 2. The van der Waals surface area contributed by atoms with Crippen molar-refractivity contribution < 1.29 is 14.3 Å². The lowest BCUT2D eigenvalue weighted by atomic mass is 9.88. The maximum absolute atomic E-state index is 12.2. The molecule has 0 radical (unpaired) electrons. The molecule has 154 valence electrons. The van der Waals surface area contributed by atoms with Gasteiger partial charge in [-0.05, 0) is 76.9 Å². The Labute approximate surface area is 169 Å². The van der Waals surface area contributed by atoms with Gasteiger partial charge in [0.05, 0.1) is 0 Å². The maximum atomic E-state index is 12.2. The monoisotopic (exact) mass is 386 g/mol. The molecule has 1 amide bonds. The maximum Gasteiger partial charge on any atom is 0.410 e. The minimum atomic E-state index is -0.425. The van der Waals surface area contributed by atoms with E-state index in [0.29, 0.717) is 11.8 Å². The summed E-state index contributed by atoms with van der Waals surface area (Å²) in [4.78, 5) is 27.5. The van der Waals surface area contributed by atoms with Crippen molar-refractivity contribution in [2.75, 3.05) is 32.7 Å². The molecule has 2 fully saturated rings. The van der Waals surface area contributed by atoms with E-state index in [-0.39, 0.29) is 6.09 Å². The minimum absolute atomic E-state index is 0.174. The zero-order valence-corrected chi connectivity index (χ0v) is 17.5. The number of ether oxygens (including phenoxy) is 1. The number of amides is 1. The van der Waals surface area contributed by atoms with E-state index >= 15 is 0 Å². The predicted molar refractivity (Wildman–Crippen MR) is 111 cm³/mol. The van der Waals surface area contributed by atoms with Gasteiger partial charge in [-0.3, -0.25) is 4.79 Å². The molecule has 3 rings (SSSR count). The molecule has 5 heteroatoms. The summed E-state index contributed by atoms with van der Waals surface area (Å²) in [5.41, 5.74) is 1.68. The van der Waals surface area contributed by atoms with Gasteiger partial charge in [0.25, 0.3) is 0 Å². The molecular formula is C23H34N2O3. The zero-order chi connectivity index (χ0) is 20.1. The van der Waals surface area contributed by atoms with Crippen LogP contribution in [-0.2, 0) is 4.74 Å². The molecule has 2 aliphatic rings. The van der Waals surface area contributed by atoms with Crippen LogP contribution in [0.2, 0.25) is 0 Å². The smallest absolute Gasteiger partial charge is 0.410 e. The van der Waals surface area contributed by atoms with Crippen molar-refractivity contribution in [3.8, 4) is 0 Å². The van der Waals surface area contributed by atoms with Crippen LogP contribution in [0.3, 0.4) is 0 Å². The molecule has 0 spiro atoms. The van der Waals surface area contributed by atoms with E-state index in [1.54, 1.807) is 0 Å². The summed E-state index contributed by atoms with van der Waals surface area (Å²) in [6, 6.07) is 8.06. The van der Waals surface area contributed by atoms with E-state index in [1.165, 1.54) is 18.4 Å². The number of aldehydes is 1. The van der Waals surface area contributed by atoms with E-state index in [9.17, 15) is 9.59 Å². The van der Waals surface area contributed by atoms with Crippen LogP contribution in [0.15, 0.2) is 24.3 Å². The van der Waals surface area contributed by atoms with Crippen LogP contribution in [0.4, 0.5) is 4.79 Å². The summed E-state index contributed by atoms with van der Waals surface area (Å²) in [6.07, 6.45) is 5.21. The zero-order valence-electron chi connectivity index (χ0n) is 17.5. The Morgan fingerprint density at radius 3 is 2.18 bits per heavy atom. The summed E-state index contributed by atoms with van der Waals surface area (Å²) in [5.74, 6) is 1.27. The lowest BCUT2D eigenvalue weighted by Crippen LogP contribution is -2.44. The van der Waals surface area contributed by atoms with Gasteiger partial charge in [-0.1, -0.05) is 24.3 Å². The number of carbonyl (C=O) groups excluding carboxylic acids is 2. The number of hydrogen-bond acceptors (Lipinski definition) is 4. The second-order valence-corrected chi connectivity index (χ2v) is 9.27. The first-order valence-corrected chi connectivity index (χ1v) is 10.6. The van der Waals surface area contributed by atoms with Crippen LogP contribution < -0.4 is 0 Å². The Balaban J connectivity index is 1.39. The molecule has 5 nitrogen and oxygen atoms in total. The fourth-order valence-electron chi connectivity index (χ4n) is 4.29. The normalized spacial score (nSPS) is 20.2. The quantitative estimate of drug-likeness (QED) is 0.723. The molecule has 2 aliphatic heterocycles. The summed E-state index contributed by atoms with van der Waals surface area (Å²) in [5, 5.41) is 0. The Morgan fingerprint density at radius 2 is 1.64 bits per heavy atom. The molecule has 0 atom stereocenters. The third-order valence-electron chi connectivity index (χ3n) is 5.91. The van der Waals surface area contributed by atoms with Crippen LogP contribution in [-0.4, -0.2) is 60.5 Å². The summed E-state index contributed by atoms with van der Waals surface area (Å²) in [7, 11) is 0. The lowest BCUT2D eigenvalue weighted by molar-refractivity contribution is 0.0166. The Bertz CT molecular complexity index is 649. The third-order valence-corrected chi connectivity index (χ3v) is 5.91. The van der Waals surface area contributed by atoms with Gasteiger partial charge in [-0.15, -0.1) is 0 Å². The largest absolute Gasteiger partial charge is 0.444 e. The predicted octanol–water partition coefficient (Wildman–Crippen LogP) is 4.33. The molecule has 0 bridgehead atoms. The van der Waals surface area contributed by atoms with Gasteiger partial charge >= 0.3 is 6.09 Å². The van der Waals surface area contributed by atoms with Gasteiger partial charge in [0.2, 0.25) is 0 Å². The minimum Gasteiger partial charge on any atom is -0.444 e. The highest BCUT2D eigenvalue weighted by Crippen LogP contribution is 2.29. The van der Waals surface area contributed by atoms with Crippen molar-refractivity contribution in [1.29, 1.82) is 0 Å². The van der Waals surface area contributed by atoms with Crippen LogP contribution in [0.25, 0.3) is 0 Å². The first-order chi connectivity index (χ1) is 13.3. The number of likely N-dealkylation sites (tertiary alicyclic amines) is 2. The first-order valence-electron chi connectivity index (χ1n) is 10.6. The Morgan fingerprint density at radius 1 is 1.04 bits per heavy atom. The van der Waals surface area contributed by atoms with Gasteiger partial charge in [0.15, 0.2) is 0 Å². The summed E-state index contributed by atoms with van der Waals surface area (Å²) >= 11 is 0. The number of hydrogen-bond donors (Lipinski definition) is 0. The summed E-state index contributed by atoms with van der Waals surface area (Å²) < 4.78 is 5.49. The average molecular weight is 387 g/mol. The number of benzene rings is 1. The third kappa shape index (κ3) is 5.81. The molecule has 2 heterocycles. The highest BCUT2D eigenvalue weighted by Gasteiger charge is 2.29. The van der Waals surface area contributed by atoms with Crippen molar-refractivity contribution in [3.63, 3.8) is 0 Å². The summed E-state index contributed by atoms with van der Waals surface area (Å²) in [6.45, 7) is 10.8. The molecule has 0 N–H and O–H groups in total. The highest BCUT2D eigenvalue weighted by molar-refractivity contribution is 5.74. The topological polar surface area (TPSA) is 49.9 Å². The SMILES string of the molecule is CC(C)(C)OC(=O)N1CCC(CN2CCC(c3ccc(C=O)cc3)CC2)CC1. The van der Waals surface area contributed by atoms with Crippen LogP contribution in [0.5, 0.6) is 0 Å². The molecule has 0 aliphatic carbocycles. The average Bonchev–Trinajstić information content (AvgIpc) is 2.68. The van der Waals surface area contributed by atoms with Crippen LogP contribution >= 0.6 is 0 Å². The van der Waals surface area contributed by atoms with Crippen molar-refractivity contribution in [1.82, 2.24) is 9.80 Å². The standard InChI is InChI=1S/C23H34N2O3/c1-23(2,3)28-22(27)25-14-8-18(9-15-25)16-24-12-10-21(11-13-24)20-6-4-19(17-26)5-7-20/h4-7,17-18,21H,8-16H2,1-3H3. The Kier molecular flexibility index (Phi) is 6.76. The second kappa shape index (κ2) is 9.08. The van der Waals surface area contributed by atoms with E-state index in [4.69, 9.17) is 4.74 Å². The van der Waals surface area contributed by atoms with Crippen LogP contribution in [0, 0.1) is 5.92 Å². The molecular weight excluding hydrogens is 352 g/mol. The molecule has 28 heavy (non-hydrogen) atoms. The van der Waals surface area contributed by atoms with Crippen molar-refractivity contribution >= 4 is 12.4 Å². The molecule has 0 aromatic heterocycles. The fourth-order valence-corrected chi connectivity index (χ4v) is 4.29. The van der Waals surface area contributed by atoms with Crippen molar-refractivity contribution in [2.24, 2.45) is 5.92 Å². The van der Waals surface area contributed by atoms with Gasteiger partial charge in [0, 0.05) is 25.2 Å². The van der Waals surface area contributed by atoms with Crippen molar-refractivity contribution in [3.05, 3.63) is 35.4 Å². The molecule has 2 saturated heterocycles. The van der Waals surface area contributed by atoms with Gasteiger partial charge in [-0.2, -0.15) is 0 Å². The van der Waals surface area contributed by atoms with Crippen LogP contribution in [0.1, 0.15) is 68.3 Å². The molecule has 1 aromatic rings. The molecule has 0 unspecified atom stereocenters. The number of carbonyl (C=O) groups is 2. The van der Waals surface area contributed by atoms with Crippen molar-refractivity contribution in [2.45, 2.75) is 58.0 Å². The fraction of sp³-hybridized carbons (Fsp3) is 0.652. The highest BCUT2D eigenvalue weighted by atomic mass is 16.6. The van der Waals surface area contributed by atoms with E-state index < -0.39 is 5.60 Å². The van der Waals surface area contributed by atoms with E-state index in [1.807, 2.05) is 37.8 Å². The van der Waals surface area contributed by atoms with E-state index in [0.717, 1.165) is 57.4 Å². The number of rotatable bonds is 4. The van der Waals surface area contributed by atoms with Gasteiger partial charge in [-0.25, -0.2) is 4.79 Å². The molecule has 0 saturated carbocycles. The van der Waals surface area contributed by atoms with Gasteiger partial charge in [0.1, 0.15) is 11.9 Å². The lowest BCUT2D eigenvalue weighted by Gasteiger charge is -2.38. The van der Waals surface area contributed by atoms with E-state index in [2.05, 4.69) is 17.0 Å². The Hall–Kier alpha value is -1.88. The number of piperidine rings is 2. The second-order valence-electron chi connectivity index (χ2n) is 9.27. The molecule has 1 aromatic carbocycles. The van der Waals surface area contributed by atoms with Gasteiger partial charge < -0.3 is 14.5 Å².